The Morgan fingerprint density at radius 2 is 1.96 bits per heavy atom. The van der Waals surface area contributed by atoms with Crippen LogP contribution < -0.4 is 17.0 Å². The minimum absolute atomic E-state index is 0.00241. The Hall–Kier alpha value is -4.97. The van der Waals surface area contributed by atoms with Gasteiger partial charge in [0.05, 0.1) is 17.3 Å². The number of nitrogens with two attached hydrogens (primary N) is 2. The number of rotatable bonds is 10. The van der Waals surface area contributed by atoms with Gasteiger partial charge in [-0.3, -0.25) is 18.8 Å². The third-order valence-corrected chi connectivity index (χ3v) is 7.89. The zero-order valence-corrected chi connectivity index (χ0v) is 25.4. The van der Waals surface area contributed by atoms with Crippen LogP contribution in [0.3, 0.4) is 0 Å². The number of nitrogens with zero attached hydrogens (tertiary/aromatic N) is 6. The Morgan fingerprint density at radius 1 is 1.16 bits per heavy atom. The molecule has 0 bridgehead atoms. The van der Waals surface area contributed by atoms with Crippen LogP contribution in [0.2, 0.25) is 0 Å². The molecule has 1 aliphatic carbocycles. The Bertz CT molecular complexity index is 1960. The van der Waals surface area contributed by atoms with Crippen LogP contribution in [0.1, 0.15) is 61.5 Å². The van der Waals surface area contributed by atoms with Crippen LogP contribution in [0.15, 0.2) is 59.8 Å². The zero-order chi connectivity index (χ0) is 31.8. The second-order valence-corrected chi connectivity index (χ2v) is 12.0. The lowest BCUT2D eigenvalue weighted by Crippen LogP contribution is -2.33. The SMILES string of the molecule is CC(C)C[C@H](N)C(=O)OCc1c(-c2nc(N)nc(Cc3cnn(C)c3)n2)cccc1-n1ccc2cc(C3CC3)cc(F)c2c1=O. The minimum Gasteiger partial charge on any atom is -0.460 e. The molecule has 12 heteroatoms. The number of aryl methyl sites for hydroxylation is 1. The topological polar surface area (TPSA) is 157 Å². The van der Waals surface area contributed by atoms with E-state index >= 15 is 4.39 Å². The largest absolute Gasteiger partial charge is 0.460 e. The van der Waals surface area contributed by atoms with Gasteiger partial charge in [-0.1, -0.05) is 32.0 Å². The van der Waals surface area contributed by atoms with Gasteiger partial charge in [0.2, 0.25) is 5.95 Å². The maximum Gasteiger partial charge on any atom is 0.323 e. The van der Waals surface area contributed by atoms with E-state index < -0.39 is 23.4 Å². The van der Waals surface area contributed by atoms with Crippen molar-refractivity contribution < 1.29 is 13.9 Å². The molecule has 0 aliphatic heterocycles. The molecule has 3 heterocycles. The minimum atomic E-state index is -0.822. The highest BCUT2D eigenvalue weighted by molar-refractivity contribution is 5.84. The van der Waals surface area contributed by atoms with Gasteiger partial charge in [-0.25, -0.2) is 9.37 Å². The number of aromatic nitrogens is 6. The number of fused-ring (bicyclic) bond motifs is 1. The van der Waals surface area contributed by atoms with E-state index in [4.69, 9.17) is 16.2 Å². The summed E-state index contributed by atoms with van der Waals surface area (Å²) in [7, 11) is 1.81. The van der Waals surface area contributed by atoms with Crippen LogP contribution in [0.4, 0.5) is 10.3 Å². The average molecular weight is 611 g/mol. The molecule has 0 spiro atoms. The molecule has 1 fully saturated rings. The van der Waals surface area contributed by atoms with Gasteiger partial charge in [-0.05, 0) is 65.8 Å². The molecule has 45 heavy (non-hydrogen) atoms. The van der Waals surface area contributed by atoms with Gasteiger partial charge in [0.15, 0.2) is 5.82 Å². The van der Waals surface area contributed by atoms with E-state index in [-0.39, 0.29) is 29.7 Å². The fraction of sp³-hybridized carbons (Fsp3) is 0.333. The number of carbonyl (C=O) groups is 1. The quantitative estimate of drug-likeness (QED) is 0.221. The third kappa shape index (κ3) is 6.46. The second-order valence-electron chi connectivity index (χ2n) is 12.0. The molecule has 0 radical (unpaired) electrons. The van der Waals surface area contributed by atoms with Crippen LogP contribution in [-0.4, -0.2) is 41.3 Å². The molecule has 1 saturated carbocycles. The van der Waals surface area contributed by atoms with Gasteiger partial charge < -0.3 is 16.2 Å². The normalized spacial score (nSPS) is 13.8. The Morgan fingerprint density at radius 3 is 2.67 bits per heavy atom. The van der Waals surface area contributed by atoms with E-state index in [2.05, 4.69) is 20.1 Å². The highest BCUT2D eigenvalue weighted by Gasteiger charge is 2.26. The number of benzene rings is 2. The fourth-order valence-electron chi connectivity index (χ4n) is 5.59. The smallest absolute Gasteiger partial charge is 0.323 e. The Kier molecular flexibility index (Phi) is 8.15. The van der Waals surface area contributed by atoms with Gasteiger partial charge in [0, 0.05) is 37.0 Å². The molecular weight excluding hydrogens is 575 g/mol. The molecule has 0 amide bonds. The molecule has 11 nitrogen and oxygen atoms in total. The summed E-state index contributed by atoms with van der Waals surface area (Å²) in [5, 5.41) is 4.71. The molecule has 6 rings (SSSR count). The van der Waals surface area contributed by atoms with E-state index in [1.165, 1.54) is 10.6 Å². The second kappa shape index (κ2) is 12.2. The van der Waals surface area contributed by atoms with Gasteiger partial charge in [-0.2, -0.15) is 15.1 Å². The van der Waals surface area contributed by atoms with Crippen molar-refractivity contribution in [2.45, 2.75) is 58.1 Å². The van der Waals surface area contributed by atoms with Gasteiger partial charge >= 0.3 is 5.97 Å². The lowest BCUT2D eigenvalue weighted by atomic mass is 10.0. The molecule has 232 valence electrons. The number of halogens is 1. The van der Waals surface area contributed by atoms with Gasteiger partial charge in [-0.15, -0.1) is 0 Å². The van der Waals surface area contributed by atoms with Crippen molar-refractivity contribution >= 4 is 22.7 Å². The molecular formula is C33H35FN8O3. The summed E-state index contributed by atoms with van der Waals surface area (Å²) in [6.07, 6.45) is 8.00. The number of hydrogen-bond acceptors (Lipinski definition) is 9. The molecule has 2 aromatic carbocycles. The van der Waals surface area contributed by atoms with Crippen molar-refractivity contribution in [3.8, 4) is 17.1 Å². The number of esters is 1. The van der Waals surface area contributed by atoms with E-state index in [1.807, 2.05) is 33.2 Å². The third-order valence-electron chi connectivity index (χ3n) is 7.89. The Labute approximate surface area is 259 Å². The van der Waals surface area contributed by atoms with Crippen LogP contribution in [0.25, 0.3) is 27.8 Å². The van der Waals surface area contributed by atoms with Crippen LogP contribution >= 0.6 is 0 Å². The number of ether oxygens (including phenoxy) is 1. The molecule has 3 aromatic heterocycles. The summed E-state index contributed by atoms with van der Waals surface area (Å²) in [4.78, 5) is 40.1. The maximum absolute atomic E-state index is 15.4. The summed E-state index contributed by atoms with van der Waals surface area (Å²) in [5.74, 6) is 0.0198. The highest BCUT2D eigenvalue weighted by Crippen LogP contribution is 2.41. The van der Waals surface area contributed by atoms with Crippen molar-refractivity contribution in [1.82, 2.24) is 29.3 Å². The predicted octanol–water partition coefficient (Wildman–Crippen LogP) is 4.18. The van der Waals surface area contributed by atoms with Crippen LogP contribution in [-0.2, 0) is 29.6 Å². The molecule has 5 aromatic rings. The number of nitrogen functional groups attached to an aromatic ring is 1. The summed E-state index contributed by atoms with van der Waals surface area (Å²) in [5.41, 5.74) is 14.7. The molecule has 4 N–H and O–H groups in total. The number of hydrogen-bond donors (Lipinski definition) is 2. The fourth-order valence-corrected chi connectivity index (χ4v) is 5.59. The zero-order valence-electron chi connectivity index (χ0n) is 25.4. The lowest BCUT2D eigenvalue weighted by molar-refractivity contribution is -0.146. The predicted molar refractivity (Wildman–Crippen MR) is 168 cm³/mol. The number of anilines is 1. The number of pyridine rings is 1. The summed E-state index contributed by atoms with van der Waals surface area (Å²) in [6, 6.07) is 9.41. The van der Waals surface area contributed by atoms with Crippen molar-refractivity contribution in [2.75, 3.05) is 5.73 Å². The van der Waals surface area contributed by atoms with E-state index in [0.717, 1.165) is 24.0 Å². The van der Waals surface area contributed by atoms with Crippen LogP contribution in [0.5, 0.6) is 0 Å². The van der Waals surface area contributed by atoms with Crippen molar-refractivity contribution in [3.05, 3.63) is 93.7 Å². The molecule has 1 aliphatic rings. The summed E-state index contributed by atoms with van der Waals surface area (Å²) in [6.45, 7) is 3.69. The van der Waals surface area contributed by atoms with Gasteiger partial charge in [0.1, 0.15) is 24.3 Å². The van der Waals surface area contributed by atoms with Crippen molar-refractivity contribution in [3.63, 3.8) is 0 Å². The first-order chi connectivity index (χ1) is 21.6. The average Bonchev–Trinajstić information content (AvgIpc) is 3.76. The van der Waals surface area contributed by atoms with Crippen LogP contribution in [0, 0.1) is 11.7 Å². The Balaban J connectivity index is 1.46. The summed E-state index contributed by atoms with van der Waals surface area (Å²) < 4.78 is 24.1. The highest BCUT2D eigenvalue weighted by atomic mass is 19.1. The van der Waals surface area contributed by atoms with E-state index in [9.17, 15) is 9.59 Å². The first kappa shape index (κ1) is 30.1. The van der Waals surface area contributed by atoms with E-state index in [0.29, 0.717) is 46.8 Å². The number of carbonyl (C=O) groups excluding carboxylic acids is 1. The summed E-state index contributed by atoms with van der Waals surface area (Å²) >= 11 is 0. The lowest BCUT2D eigenvalue weighted by Gasteiger charge is -2.19. The molecule has 1 atom stereocenters. The maximum atomic E-state index is 15.4. The molecule has 0 saturated heterocycles. The molecule has 0 unspecified atom stereocenters. The van der Waals surface area contributed by atoms with E-state index in [1.54, 1.807) is 41.3 Å². The standard InChI is InChI=1S/C33H35FN8O3/c1-18(2)11-26(35)32(44)45-17-24-23(30-38-28(39-33(36)40-30)12-19-15-37-41(3)16-19)5-4-6-27(24)42-10-9-21-13-22(20-7-8-20)14-25(34)29(21)31(42)43/h4-6,9-10,13-16,18,20,26H,7-8,11-12,17,35H2,1-3H3,(H2,36,38,39,40)/t26-/m0/s1. The van der Waals surface area contributed by atoms with Crippen molar-refractivity contribution in [1.29, 1.82) is 0 Å². The first-order valence-electron chi connectivity index (χ1n) is 14.9. The van der Waals surface area contributed by atoms with Gasteiger partial charge in [0.25, 0.3) is 5.56 Å². The van der Waals surface area contributed by atoms with Crippen molar-refractivity contribution in [2.24, 2.45) is 18.7 Å². The monoisotopic (exact) mass is 610 g/mol. The first-order valence-corrected chi connectivity index (χ1v) is 14.9.